The highest BCUT2D eigenvalue weighted by molar-refractivity contribution is 5.41. The molecule has 2 aromatic heterocycles. The van der Waals surface area contributed by atoms with Gasteiger partial charge in [0.2, 0.25) is 0 Å². The molecule has 4 nitrogen and oxygen atoms in total. The van der Waals surface area contributed by atoms with Crippen molar-refractivity contribution in [1.29, 1.82) is 0 Å². The molecule has 100 valence electrons. The smallest absolute Gasteiger partial charge is 0.380 e. The second kappa shape index (κ2) is 5.13. The van der Waals surface area contributed by atoms with Crippen molar-refractivity contribution in [1.82, 2.24) is 14.8 Å². The Balaban J connectivity index is 1.98. The molecule has 0 atom stereocenters. The van der Waals surface area contributed by atoms with E-state index in [2.05, 4.69) is 22.0 Å². The fourth-order valence-electron chi connectivity index (χ4n) is 1.44. The van der Waals surface area contributed by atoms with Crippen LogP contribution < -0.4 is 5.32 Å². The van der Waals surface area contributed by atoms with Gasteiger partial charge in [0.1, 0.15) is 5.69 Å². The molecule has 0 aliphatic carbocycles. The Morgan fingerprint density at radius 1 is 1.32 bits per heavy atom. The molecule has 0 saturated heterocycles. The lowest BCUT2D eigenvalue weighted by atomic mass is 10.3. The number of anilines is 1. The minimum Gasteiger partial charge on any atom is -0.380 e. The first-order valence-electron chi connectivity index (χ1n) is 5.42. The molecule has 0 fully saturated rings. The molecule has 19 heavy (non-hydrogen) atoms. The summed E-state index contributed by atoms with van der Waals surface area (Å²) in [6, 6.07) is 2.28. The minimum atomic E-state index is -4.41. The molecule has 7 heteroatoms. The predicted molar refractivity (Wildman–Crippen MR) is 65.2 cm³/mol. The van der Waals surface area contributed by atoms with Gasteiger partial charge in [0.15, 0.2) is 0 Å². The Labute approximate surface area is 107 Å². The molecular formula is C12H11F3N4. The normalized spacial score (nSPS) is 11.3. The molecule has 0 saturated carbocycles. The van der Waals surface area contributed by atoms with Crippen LogP contribution in [0.3, 0.4) is 0 Å². The van der Waals surface area contributed by atoms with Crippen LogP contribution in [-0.4, -0.2) is 14.8 Å². The van der Waals surface area contributed by atoms with Crippen molar-refractivity contribution < 1.29 is 13.2 Å². The number of hydrogen-bond acceptors (Lipinski definition) is 3. The van der Waals surface area contributed by atoms with Gasteiger partial charge in [0.25, 0.3) is 0 Å². The van der Waals surface area contributed by atoms with Gasteiger partial charge < -0.3 is 5.32 Å². The third-order valence-electron chi connectivity index (χ3n) is 2.39. The highest BCUT2D eigenvalue weighted by atomic mass is 19.4. The number of hydrogen-bond donors (Lipinski definition) is 1. The molecular weight excluding hydrogens is 257 g/mol. The summed E-state index contributed by atoms with van der Waals surface area (Å²) in [7, 11) is 0. The van der Waals surface area contributed by atoms with Gasteiger partial charge >= 0.3 is 6.18 Å². The minimum absolute atomic E-state index is 0.445. The highest BCUT2D eigenvalue weighted by Crippen LogP contribution is 2.27. The van der Waals surface area contributed by atoms with Gasteiger partial charge in [-0.05, 0) is 12.1 Å². The van der Waals surface area contributed by atoms with Crippen LogP contribution in [0.2, 0.25) is 0 Å². The van der Waals surface area contributed by atoms with Gasteiger partial charge in [0.05, 0.1) is 18.1 Å². The fourth-order valence-corrected chi connectivity index (χ4v) is 1.44. The molecule has 0 aliphatic rings. The van der Waals surface area contributed by atoms with Crippen molar-refractivity contribution in [3.05, 3.63) is 48.6 Å². The van der Waals surface area contributed by atoms with Crippen molar-refractivity contribution in [2.75, 3.05) is 5.32 Å². The van der Waals surface area contributed by atoms with E-state index in [1.165, 1.54) is 6.07 Å². The first-order valence-corrected chi connectivity index (χ1v) is 5.42. The van der Waals surface area contributed by atoms with E-state index in [-0.39, 0.29) is 0 Å². The lowest BCUT2D eigenvalue weighted by molar-refractivity contribution is -0.141. The Kier molecular flexibility index (Phi) is 3.55. The second-order valence-electron chi connectivity index (χ2n) is 3.79. The Morgan fingerprint density at radius 2 is 2.11 bits per heavy atom. The Morgan fingerprint density at radius 3 is 2.63 bits per heavy atom. The van der Waals surface area contributed by atoms with Crippen molar-refractivity contribution in [3.63, 3.8) is 0 Å². The van der Waals surface area contributed by atoms with Crippen LogP contribution in [0, 0.1) is 0 Å². The third-order valence-corrected chi connectivity index (χ3v) is 2.39. The quantitative estimate of drug-likeness (QED) is 0.926. The zero-order valence-corrected chi connectivity index (χ0v) is 9.85. The van der Waals surface area contributed by atoms with Gasteiger partial charge in [-0.15, -0.1) is 0 Å². The molecule has 0 aromatic carbocycles. The van der Waals surface area contributed by atoms with Crippen LogP contribution in [0.5, 0.6) is 0 Å². The lowest BCUT2D eigenvalue weighted by Crippen LogP contribution is -2.08. The van der Waals surface area contributed by atoms with Crippen molar-refractivity contribution in [2.24, 2.45) is 0 Å². The van der Waals surface area contributed by atoms with Crippen LogP contribution in [0.1, 0.15) is 11.3 Å². The maximum absolute atomic E-state index is 12.3. The van der Waals surface area contributed by atoms with E-state index in [4.69, 9.17) is 0 Å². The van der Waals surface area contributed by atoms with Crippen LogP contribution in [0.4, 0.5) is 18.9 Å². The number of halogens is 3. The van der Waals surface area contributed by atoms with E-state index in [0.29, 0.717) is 12.2 Å². The van der Waals surface area contributed by atoms with Crippen molar-refractivity contribution >= 4 is 11.9 Å². The maximum atomic E-state index is 12.3. The number of aromatic nitrogens is 3. The summed E-state index contributed by atoms with van der Waals surface area (Å²) in [5, 5.41) is 6.95. The van der Waals surface area contributed by atoms with Crippen molar-refractivity contribution in [3.8, 4) is 0 Å². The zero-order valence-electron chi connectivity index (χ0n) is 9.85. The predicted octanol–water partition coefficient (Wildman–Crippen LogP) is 3.01. The molecule has 2 heterocycles. The fraction of sp³-hybridized carbons (Fsp3) is 0.167. The molecule has 0 aliphatic heterocycles. The summed E-state index contributed by atoms with van der Waals surface area (Å²) in [6.07, 6.45) is 1.69. The molecule has 0 spiro atoms. The average molecular weight is 268 g/mol. The molecule has 0 bridgehead atoms. The Hall–Kier alpha value is -2.31. The number of rotatable bonds is 4. The summed E-state index contributed by atoms with van der Waals surface area (Å²) >= 11 is 0. The van der Waals surface area contributed by atoms with Gasteiger partial charge in [0, 0.05) is 24.5 Å². The van der Waals surface area contributed by atoms with E-state index in [1.807, 2.05) is 0 Å². The molecule has 0 radical (unpaired) electrons. The van der Waals surface area contributed by atoms with E-state index in [0.717, 1.165) is 17.8 Å². The number of pyridine rings is 1. The lowest BCUT2D eigenvalue weighted by Gasteiger charge is -2.07. The summed E-state index contributed by atoms with van der Waals surface area (Å²) in [5.74, 6) is 0. The van der Waals surface area contributed by atoms with Crippen molar-refractivity contribution in [2.45, 2.75) is 12.7 Å². The van der Waals surface area contributed by atoms with E-state index in [9.17, 15) is 13.2 Å². The SMILES string of the molecule is C=Cn1cc(CNc2ccc(C(F)(F)F)nc2)cn1. The first kappa shape index (κ1) is 13.1. The monoisotopic (exact) mass is 268 g/mol. The number of alkyl halides is 3. The first-order chi connectivity index (χ1) is 8.99. The molecule has 0 unspecified atom stereocenters. The second-order valence-corrected chi connectivity index (χ2v) is 3.79. The topological polar surface area (TPSA) is 42.7 Å². The average Bonchev–Trinajstić information content (AvgIpc) is 2.84. The summed E-state index contributed by atoms with van der Waals surface area (Å²) in [4.78, 5) is 3.36. The van der Waals surface area contributed by atoms with E-state index < -0.39 is 11.9 Å². The molecule has 0 amide bonds. The largest absolute Gasteiger partial charge is 0.433 e. The third kappa shape index (κ3) is 3.34. The molecule has 2 aromatic rings. The van der Waals surface area contributed by atoms with E-state index in [1.54, 1.807) is 23.3 Å². The van der Waals surface area contributed by atoms with Crippen LogP contribution in [-0.2, 0) is 12.7 Å². The molecule has 1 N–H and O–H groups in total. The van der Waals surface area contributed by atoms with Gasteiger partial charge in [-0.2, -0.15) is 18.3 Å². The molecule has 2 rings (SSSR count). The summed E-state index contributed by atoms with van der Waals surface area (Å²) in [5.41, 5.74) is 0.497. The zero-order chi connectivity index (χ0) is 13.9. The highest BCUT2D eigenvalue weighted by Gasteiger charge is 2.31. The van der Waals surface area contributed by atoms with Crippen LogP contribution in [0.15, 0.2) is 37.3 Å². The number of nitrogens with one attached hydrogen (secondary N) is 1. The van der Waals surface area contributed by atoms with Crippen LogP contribution >= 0.6 is 0 Å². The summed E-state index contributed by atoms with van der Waals surface area (Å²) in [6.45, 7) is 4.00. The number of nitrogens with zero attached hydrogens (tertiary/aromatic N) is 3. The summed E-state index contributed by atoms with van der Waals surface area (Å²) < 4.78 is 38.5. The van der Waals surface area contributed by atoms with Gasteiger partial charge in [-0.25, -0.2) is 9.67 Å². The van der Waals surface area contributed by atoms with E-state index >= 15 is 0 Å². The maximum Gasteiger partial charge on any atom is 0.433 e. The van der Waals surface area contributed by atoms with Gasteiger partial charge in [-0.1, -0.05) is 6.58 Å². The van der Waals surface area contributed by atoms with Gasteiger partial charge in [-0.3, -0.25) is 0 Å². The standard InChI is InChI=1S/C12H11F3N4/c1-2-19-8-9(6-18-19)5-16-10-3-4-11(17-7-10)12(13,14)15/h2-4,6-8,16H,1,5H2. The van der Waals surface area contributed by atoms with Crippen LogP contribution in [0.25, 0.3) is 6.20 Å². The Bertz CT molecular complexity index is 557.